The Morgan fingerprint density at radius 2 is 2.06 bits per heavy atom. The van der Waals surface area contributed by atoms with E-state index in [1.165, 1.54) is 13.0 Å². The van der Waals surface area contributed by atoms with E-state index >= 15 is 0 Å². The van der Waals surface area contributed by atoms with Gasteiger partial charge in [0.05, 0.1) is 5.71 Å². The molecule has 0 aliphatic carbocycles. The van der Waals surface area contributed by atoms with E-state index in [4.69, 9.17) is 0 Å². The highest BCUT2D eigenvalue weighted by atomic mass is 32.2. The van der Waals surface area contributed by atoms with Gasteiger partial charge in [-0.3, -0.25) is 4.28 Å². The van der Waals surface area contributed by atoms with Gasteiger partial charge in [-0.15, -0.1) is 0 Å². The molecule has 0 aliphatic heterocycles. The van der Waals surface area contributed by atoms with Crippen LogP contribution in [0.1, 0.15) is 18.9 Å². The molecule has 0 N–H and O–H groups in total. The average molecular weight is 255 g/mol. The smallest absolute Gasteiger partial charge is 0.303 e. The molecule has 0 unspecified atom stereocenters. The molecule has 0 aromatic heterocycles. The van der Waals surface area contributed by atoms with Crippen molar-refractivity contribution in [1.29, 1.82) is 0 Å². The Labute approximate surface area is 100 Å². The SMILES string of the molecule is CC(CC=O)=NOS(=O)(=O)c1ccccc1C. The zero-order chi connectivity index (χ0) is 12.9. The summed E-state index contributed by atoms with van der Waals surface area (Å²) in [5.41, 5.74) is 0.882. The van der Waals surface area contributed by atoms with Gasteiger partial charge in [0.15, 0.2) is 0 Å². The summed E-state index contributed by atoms with van der Waals surface area (Å²) in [6.07, 6.45) is 0.672. The van der Waals surface area contributed by atoms with Crippen molar-refractivity contribution in [3.05, 3.63) is 29.8 Å². The topological polar surface area (TPSA) is 72.8 Å². The highest BCUT2D eigenvalue weighted by Gasteiger charge is 2.17. The minimum atomic E-state index is -3.91. The molecule has 0 saturated carbocycles. The number of rotatable bonds is 5. The van der Waals surface area contributed by atoms with Crippen LogP contribution in [0.4, 0.5) is 0 Å². The largest absolute Gasteiger partial charge is 0.358 e. The third-order valence-corrected chi connectivity index (χ3v) is 3.30. The molecule has 6 heteroatoms. The lowest BCUT2D eigenvalue weighted by Crippen LogP contribution is -2.06. The fraction of sp³-hybridized carbons (Fsp3) is 0.273. The lowest BCUT2D eigenvalue weighted by molar-refractivity contribution is -0.106. The Balaban J connectivity index is 2.94. The zero-order valence-corrected chi connectivity index (χ0v) is 10.4. The molecule has 0 amide bonds. The van der Waals surface area contributed by atoms with Gasteiger partial charge in [-0.2, -0.15) is 8.42 Å². The second-order valence-corrected chi connectivity index (χ2v) is 4.99. The van der Waals surface area contributed by atoms with Gasteiger partial charge in [-0.05, 0) is 25.5 Å². The van der Waals surface area contributed by atoms with Crippen LogP contribution in [0, 0.1) is 6.92 Å². The molecule has 0 fully saturated rings. The lowest BCUT2D eigenvalue weighted by atomic mass is 10.2. The molecule has 0 aliphatic rings. The monoisotopic (exact) mass is 255 g/mol. The summed E-state index contributed by atoms with van der Waals surface area (Å²) in [5.74, 6) is 0. The van der Waals surface area contributed by atoms with Crippen molar-refractivity contribution in [2.24, 2.45) is 5.16 Å². The van der Waals surface area contributed by atoms with Crippen molar-refractivity contribution in [2.75, 3.05) is 0 Å². The predicted molar refractivity (Wildman–Crippen MR) is 63.2 cm³/mol. The highest BCUT2D eigenvalue weighted by Crippen LogP contribution is 2.16. The zero-order valence-electron chi connectivity index (χ0n) is 9.58. The average Bonchev–Trinajstić information content (AvgIpc) is 2.27. The Hall–Kier alpha value is -1.69. The molecule has 17 heavy (non-hydrogen) atoms. The third kappa shape index (κ3) is 3.67. The van der Waals surface area contributed by atoms with Crippen molar-refractivity contribution in [3.8, 4) is 0 Å². The van der Waals surface area contributed by atoms with Gasteiger partial charge < -0.3 is 4.79 Å². The second kappa shape index (κ2) is 5.58. The standard InChI is InChI=1S/C11H13NO4S/c1-9-5-3-4-6-11(9)17(14,15)16-12-10(2)7-8-13/h3-6,8H,7H2,1-2H3. The second-order valence-electron chi connectivity index (χ2n) is 3.49. The van der Waals surface area contributed by atoms with Crippen LogP contribution in [0.5, 0.6) is 0 Å². The van der Waals surface area contributed by atoms with Crippen LogP contribution in [-0.4, -0.2) is 20.4 Å². The van der Waals surface area contributed by atoms with Gasteiger partial charge >= 0.3 is 10.1 Å². The number of hydrogen-bond acceptors (Lipinski definition) is 5. The number of carbonyl (C=O) groups excluding carboxylic acids is 1. The van der Waals surface area contributed by atoms with Crippen LogP contribution < -0.4 is 0 Å². The maximum absolute atomic E-state index is 11.7. The van der Waals surface area contributed by atoms with Crippen LogP contribution in [0.15, 0.2) is 34.3 Å². The first kappa shape index (κ1) is 13.4. The van der Waals surface area contributed by atoms with Crippen molar-refractivity contribution < 1.29 is 17.5 Å². The molecule has 1 aromatic rings. The summed E-state index contributed by atoms with van der Waals surface area (Å²) >= 11 is 0. The molecule has 5 nitrogen and oxygen atoms in total. The highest BCUT2D eigenvalue weighted by molar-refractivity contribution is 7.86. The predicted octanol–water partition coefficient (Wildman–Crippen LogP) is 1.67. The summed E-state index contributed by atoms with van der Waals surface area (Å²) in [4.78, 5) is 10.2. The Kier molecular flexibility index (Phi) is 4.39. The summed E-state index contributed by atoms with van der Waals surface area (Å²) in [7, 11) is -3.91. The molecule has 0 atom stereocenters. The first-order chi connectivity index (χ1) is 7.97. The van der Waals surface area contributed by atoms with Crippen molar-refractivity contribution >= 4 is 22.1 Å². The van der Waals surface area contributed by atoms with Crippen LogP contribution in [0.25, 0.3) is 0 Å². The maximum Gasteiger partial charge on any atom is 0.358 e. The van der Waals surface area contributed by atoms with Crippen LogP contribution >= 0.6 is 0 Å². The number of hydrogen-bond donors (Lipinski definition) is 0. The molecule has 1 rings (SSSR count). The van der Waals surface area contributed by atoms with E-state index < -0.39 is 10.1 Å². The fourth-order valence-corrected chi connectivity index (χ4v) is 2.16. The molecular weight excluding hydrogens is 242 g/mol. The van der Waals surface area contributed by atoms with Gasteiger partial charge in [0.2, 0.25) is 0 Å². The van der Waals surface area contributed by atoms with Crippen LogP contribution in [-0.2, 0) is 19.2 Å². The number of nitrogens with zero attached hydrogens (tertiary/aromatic N) is 1. The number of aryl methyl sites for hydroxylation is 1. The van der Waals surface area contributed by atoms with Gasteiger partial charge in [-0.25, -0.2) is 0 Å². The van der Waals surface area contributed by atoms with Crippen LogP contribution in [0.2, 0.25) is 0 Å². The van der Waals surface area contributed by atoms with Gasteiger partial charge in [0.25, 0.3) is 0 Å². The first-order valence-corrected chi connectivity index (χ1v) is 6.34. The van der Waals surface area contributed by atoms with Gasteiger partial charge in [0.1, 0.15) is 11.2 Å². The van der Waals surface area contributed by atoms with E-state index in [-0.39, 0.29) is 11.3 Å². The lowest BCUT2D eigenvalue weighted by Gasteiger charge is -2.04. The molecule has 0 radical (unpaired) electrons. The van der Waals surface area contributed by atoms with E-state index in [2.05, 4.69) is 9.44 Å². The summed E-state index contributed by atoms with van der Waals surface area (Å²) in [6.45, 7) is 3.18. The summed E-state index contributed by atoms with van der Waals surface area (Å²) in [5, 5.41) is 3.40. The number of carbonyl (C=O) groups is 1. The van der Waals surface area contributed by atoms with Crippen LogP contribution in [0.3, 0.4) is 0 Å². The molecule has 92 valence electrons. The normalized spacial score (nSPS) is 12.2. The maximum atomic E-state index is 11.7. The van der Waals surface area contributed by atoms with Crippen molar-refractivity contribution in [1.82, 2.24) is 0 Å². The Morgan fingerprint density at radius 1 is 1.41 bits per heavy atom. The van der Waals surface area contributed by atoms with E-state index in [0.717, 1.165) is 0 Å². The Bertz CT molecular complexity index is 534. The minimum absolute atomic E-state index is 0.0449. The summed E-state index contributed by atoms with van der Waals surface area (Å²) < 4.78 is 28.0. The number of benzene rings is 1. The first-order valence-electron chi connectivity index (χ1n) is 4.94. The number of aldehydes is 1. The summed E-state index contributed by atoms with van der Waals surface area (Å²) in [6, 6.07) is 6.44. The van der Waals surface area contributed by atoms with E-state index in [9.17, 15) is 13.2 Å². The molecule has 1 aromatic carbocycles. The van der Waals surface area contributed by atoms with Crippen molar-refractivity contribution in [3.63, 3.8) is 0 Å². The van der Waals surface area contributed by atoms with Crippen molar-refractivity contribution in [2.45, 2.75) is 25.2 Å². The van der Waals surface area contributed by atoms with E-state index in [1.54, 1.807) is 25.1 Å². The fourth-order valence-electron chi connectivity index (χ4n) is 1.15. The quantitative estimate of drug-likeness (QED) is 0.455. The molecule has 0 saturated heterocycles. The molecule has 0 spiro atoms. The van der Waals surface area contributed by atoms with Gasteiger partial charge in [0, 0.05) is 6.42 Å². The van der Waals surface area contributed by atoms with E-state index in [0.29, 0.717) is 17.6 Å². The minimum Gasteiger partial charge on any atom is -0.303 e. The number of oxime groups is 1. The Morgan fingerprint density at radius 3 is 2.65 bits per heavy atom. The van der Waals surface area contributed by atoms with Gasteiger partial charge in [-0.1, -0.05) is 23.4 Å². The van der Waals surface area contributed by atoms with E-state index in [1.807, 2.05) is 0 Å². The molecule has 0 bridgehead atoms. The molecule has 0 heterocycles. The molecular formula is C11H13NO4S. The third-order valence-electron chi connectivity index (χ3n) is 2.03.